The Labute approximate surface area is 58.1 Å². The molecule has 6 heteroatoms. The van der Waals surface area contributed by atoms with Crippen LogP contribution in [0.5, 0.6) is 0 Å². The van der Waals surface area contributed by atoms with E-state index >= 15 is 0 Å². The summed E-state index contributed by atoms with van der Waals surface area (Å²) in [5, 5.41) is 0. The second kappa shape index (κ2) is 3.09. The van der Waals surface area contributed by atoms with E-state index in [1.807, 2.05) is 0 Å². The molecule has 0 aliphatic heterocycles. The molecule has 0 unspecified atom stereocenters. The Morgan fingerprint density at radius 2 is 1.50 bits per heavy atom. The molecule has 0 rings (SSSR count). The number of thiol groups is 1. The van der Waals surface area contributed by atoms with Gasteiger partial charge in [0.1, 0.15) is 0 Å². The molecule has 0 radical (unpaired) electrons. The van der Waals surface area contributed by atoms with Gasteiger partial charge in [0.05, 0.1) is 0 Å². The van der Waals surface area contributed by atoms with E-state index in [-0.39, 0.29) is 29.6 Å². The fourth-order valence-corrected chi connectivity index (χ4v) is 0. The molecule has 0 heterocycles. The smallest absolute Gasteiger partial charge is 0.752 e. The molecule has 0 fully saturated rings. The third kappa shape index (κ3) is 77.0. The number of hydrogen-bond acceptors (Lipinski definition) is 2. The van der Waals surface area contributed by atoms with Crippen LogP contribution in [0, 0.1) is 0 Å². The van der Waals surface area contributed by atoms with Crippen molar-refractivity contribution in [2.45, 2.75) is 0 Å². The van der Waals surface area contributed by atoms with E-state index in [4.69, 9.17) is 17.9 Å². The second-order valence-electron chi connectivity index (χ2n) is 0.491. The molecule has 0 saturated heterocycles. The molecule has 4 nitrogen and oxygen atoms in total. The van der Waals surface area contributed by atoms with Crippen molar-refractivity contribution in [1.82, 2.24) is 0 Å². The maximum Gasteiger partial charge on any atom is 1.00 e. The van der Waals surface area contributed by atoms with Crippen molar-refractivity contribution in [1.29, 1.82) is 0 Å². The first-order valence-corrected chi connectivity index (χ1v) is 2.30. The van der Waals surface area contributed by atoms with Gasteiger partial charge in [-0.2, -0.15) is 0 Å². The van der Waals surface area contributed by atoms with Gasteiger partial charge in [0.25, 0.3) is 0 Å². The van der Waals surface area contributed by atoms with Crippen molar-refractivity contribution in [3.8, 4) is 0 Å². The van der Waals surface area contributed by atoms with Crippen LogP contribution in [0.2, 0.25) is 0 Å². The van der Waals surface area contributed by atoms with Gasteiger partial charge in [-0.15, -0.1) is 0 Å². The fraction of sp³-hybridized carbons (Fsp3) is 0. The Balaban J connectivity index is 0. The van der Waals surface area contributed by atoms with Crippen LogP contribution in [0.1, 0.15) is 0 Å². The summed E-state index contributed by atoms with van der Waals surface area (Å²) in [5.41, 5.74) is 0. The van der Waals surface area contributed by atoms with Gasteiger partial charge in [-0.25, -0.2) is 4.21 Å². The molecular weight excluding hydrogens is 119 g/mol. The van der Waals surface area contributed by atoms with Crippen LogP contribution in [-0.4, -0.2) is 17.9 Å². The molecule has 0 atom stereocenters. The molecule has 0 aromatic rings. The van der Waals surface area contributed by atoms with Gasteiger partial charge in [0, 0.05) is 10.8 Å². The molecule has 0 aromatic carbocycles. The van der Waals surface area contributed by atoms with Crippen molar-refractivity contribution < 1.29 is 47.4 Å². The number of rotatable bonds is 0. The van der Waals surface area contributed by atoms with E-state index < -0.39 is 10.8 Å². The zero-order chi connectivity index (χ0) is 4.50. The minimum atomic E-state index is -4.89. The Bertz CT molecular complexity index is 53.7. The molecule has 0 bridgehead atoms. The first kappa shape index (κ1) is 10.1. The van der Waals surface area contributed by atoms with Gasteiger partial charge in [-0.05, 0) is 0 Å². The summed E-state index contributed by atoms with van der Waals surface area (Å²) in [4.78, 5) is 0. The Morgan fingerprint density at radius 3 is 1.50 bits per heavy atom. The van der Waals surface area contributed by atoms with Crippen molar-refractivity contribution >= 4 is 10.8 Å². The van der Waals surface area contributed by atoms with E-state index in [1.165, 1.54) is 0 Å². The maximum atomic E-state index is 8.77. The summed E-state index contributed by atoms with van der Waals surface area (Å²) >= 11 is 0. The zero-order valence-electron chi connectivity index (χ0n) is 3.16. The molecule has 0 aliphatic carbocycles. The summed E-state index contributed by atoms with van der Waals surface area (Å²) in [6, 6.07) is 0. The molecule has 6 heavy (non-hydrogen) atoms. The molecule has 0 saturated carbocycles. The van der Waals surface area contributed by atoms with Crippen molar-refractivity contribution in [3.05, 3.63) is 0 Å². The van der Waals surface area contributed by atoms with Crippen LogP contribution in [0.4, 0.5) is 0 Å². The van der Waals surface area contributed by atoms with Crippen LogP contribution in [0.3, 0.4) is 0 Å². The van der Waals surface area contributed by atoms with Crippen LogP contribution in [0.15, 0.2) is 0 Å². The number of hydrogen-bond donors (Lipinski definition) is 3. The SMILES string of the molecule is O=[SH]([O-])(O)O.[Na+]. The largest absolute Gasteiger partial charge is 1.00 e. The van der Waals surface area contributed by atoms with Gasteiger partial charge in [0.2, 0.25) is 0 Å². The quantitative estimate of drug-likeness (QED) is 0.226. The van der Waals surface area contributed by atoms with E-state index in [0.717, 1.165) is 0 Å². The van der Waals surface area contributed by atoms with Crippen molar-refractivity contribution in [2.24, 2.45) is 0 Å². The van der Waals surface area contributed by atoms with Crippen LogP contribution >= 0.6 is 0 Å². The van der Waals surface area contributed by atoms with Crippen molar-refractivity contribution in [2.75, 3.05) is 0 Å². The van der Waals surface area contributed by atoms with Crippen LogP contribution < -0.4 is 29.6 Å². The van der Waals surface area contributed by atoms with E-state index in [9.17, 15) is 0 Å². The minimum absolute atomic E-state index is 0. The summed E-state index contributed by atoms with van der Waals surface area (Å²) < 4.78 is 31.7. The summed E-state index contributed by atoms with van der Waals surface area (Å²) in [6.45, 7) is 0. The van der Waals surface area contributed by atoms with Crippen molar-refractivity contribution in [3.63, 3.8) is 0 Å². The predicted molar refractivity (Wildman–Crippen MR) is 15.6 cm³/mol. The van der Waals surface area contributed by atoms with Crippen LogP contribution in [0.25, 0.3) is 0 Å². The van der Waals surface area contributed by atoms with Gasteiger partial charge in [-0.3, -0.25) is 0 Å². The Morgan fingerprint density at radius 1 is 1.50 bits per heavy atom. The summed E-state index contributed by atoms with van der Waals surface area (Å²) in [7, 11) is -4.89. The minimum Gasteiger partial charge on any atom is -0.752 e. The molecule has 0 amide bonds. The average molecular weight is 122 g/mol. The standard InChI is InChI=1S/Na.H4O4S/c;1-5(2,3)4/h;5H,(H3,1,2,3,4)/q+1;/p-1. The van der Waals surface area contributed by atoms with E-state index in [2.05, 4.69) is 0 Å². The molecule has 34 valence electrons. The third-order valence-electron chi connectivity index (χ3n) is 0. The normalized spacial score (nSPS) is 12.5. The molecule has 0 aromatic heterocycles. The van der Waals surface area contributed by atoms with Gasteiger partial charge >= 0.3 is 29.6 Å². The first-order valence-electron chi connectivity index (χ1n) is 0.765. The zero-order valence-corrected chi connectivity index (χ0v) is 6.05. The molecule has 0 aliphatic rings. The summed E-state index contributed by atoms with van der Waals surface area (Å²) in [5.74, 6) is 0. The average Bonchev–Trinajstić information content (AvgIpc) is 0.722. The fourth-order valence-electron chi connectivity index (χ4n) is 0. The van der Waals surface area contributed by atoms with Crippen LogP contribution in [-0.2, 0) is 10.8 Å². The van der Waals surface area contributed by atoms with Gasteiger partial charge < -0.3 is 13.7 Å². The first-order chi connectivity index (χ1) is 2.00. The van der Waals surface area contributed by atoms with E-state index in [0.29, 0.717) is 0 Å². The monoisotopic (exact) mass is 122 g/mol. The Hall–Kier alpha value is 1.03. The Kier molecular flexibility index (Phi) is 5.20. The van der Waals surface area contributed by atoms with Gasteiger partial charge in [-0.1, -0.05) is 0 Å². The second-order valence-corrected chi connectivity index (χ2v) is 1.47. The van der Waals surface area contributed by atoms with Gasteiger partial charge in [0.15, 0.2) is 0 Å². The molecule has 2 N–H and O–H groups in total. The molecule has 0 spiro atoms. The third-order valence-corrected chi connectivity index (χ3v) is 0. The summed E-state index contributed by atoms with van der Waals surface area (Å²) in [6.07, 6.45) is 0. The molecular formula is H3NaO4S. The predicted octanol–water partition coefficient (Wildman–Crippen LogP) is -3.92. The maximum absolute atomic E-state index is 8.77. The topological polar surface area (TPSA) is 80.6 Å². The van der Waals surface area contributed by atoms with E-state index in [1.54, 1.807) is 0 Å².